The Bertz CT molecular complexity index is 763. The molecule has 18 heavy (non-hydrogen) atoms. The molecule has 3 rings (SSSR count). The van der Waals surface area contributed by atoms with E-state index in [-0.39, 0.29) is 5.88 Å². The van der Waals surface area contributed by atoms with Gasteiger partial charge in [0, 0.05) is 11.8 Å². The lowest BCUT2D eigenvalue weighted by atomic mass is 10.1. The van der Waals surface area contributed by atoms with Crippen molar-refractivity contribution in [3.8, 4) is 11.3 Å². The number of alkyl halides is 1. The number of hydrogen-bond acceptors (Lipinski definition) is 4. The Balaban J connectivity index is 2.15. The fraction of sp³-hybridized carbons (Fsp3) is 0.0833. The molecule has 0 fully saturated rings. The molecular formula is C12H8ClN3O2. The van der Waals surface area contributed by atoms with Crippen LogP contribution >= 0.6 is 11.6 Å². The Morgan fingerprint density at radius 2 is 2.22 bits per heavy atom. The molecular weight excluding hydrogens is 254 g/mol. The fourth-order valence-corrected chi connectivity index (χ4v) is 1.86. The van der Waals surface area contributed by atoms with E-state index >= 15 is 0 Å². The zero-order valence-corrected chi connectivity index (χ0v) is 9.94. The number of rotatable bonds is 2. The monoisotopic (exact) mass is 261 g/mol. The second kappa shape index (κ2) is 4.27. The molecule has 5 nitrogen and oxygen atoms in total. The molecule has 90 valence electrons. The largest absolute Gasteiger partial charge is 0.417 e. The van der Waals surface area contributed by atoms with E-state index in [2.05, 4.69) is 15.0 Å². The standard InChI is InChI=1S/C12H8ClN3O2/c13-6-11-14-4-3-8(15-11)7-1-2-10-9(5-7)16-12(17)18-10/h1-5H,6H2,(H,16,17). The second-order valence-corrected chi connectivity index (χ2v) is 3.98. The Kier molecular flexibility index (Phi) is 2.60. The van der Waals surface area contributed by atoms with Crippen molar-refractivity contribution in [3.05, 3.63) is 46.8 Å². The highest BCUT2D eigenvalue weighted by molar-refractivity contribution is 6.16. The number of aromatic nitrogens is 3. The van der Waals surface area contributed by atoms with Crippen molar-refractivity contribution < 1.29 is 4.42 Å². The summed E-state index contributed by atoms with van der Waals surface area (Å²) in [6, 6.07) is 7.15. The van der Waals surface area contributed by atoms with E-state index in [1.165, 1.54) is 0 Å². The van der Waals surface area contributed by atoms with Crippen LogP contribution in [0.5, 0.6) is 0 Å². The summed E-state index contributed by atoms with van der Waals surface area (Å²) in [7, 11) is 0. The molecule has 0 aliphatic carbocycles. The highest BCUT2D eigenvalue weighted by atomic mass is 35.5. The van der Waals surface area contributed by atoms with Gasteiger partial charge >= 0.3 is 5.76 Å². The van der Waals surface area contributed by atoms with Gasteiger partial charge in [-0.25, -0.2) is 14.8 Å². The number of nitrogens with one attached hydrogen (secondary N) is 1. The van der Waals surface area contributed by atoms with E-state index in [0.29, 0.717) is 16.9 Å². The van der Waals surface area contributed by atoms with Crippen molar-refractivity contribution in [3.63, 3.8) is 0 Å². The summed E-state index contributed by atoms with van der Waals surface area (Å²) in [5.74, 6) is 0.361. The van der Waals surface area contributed by atoms with Gasteiger partial charge in [0.1, 0.15) is 5.82 Å². The summed E-state index contributed by atoms with van der Waals surface area (Å²) in [6.07, 6.45) is 1.66. The zero-order valence-electron chi connectivity index (χ0n) is 9.18. The minimum absolute atomic E-state index is 0.263. The van der Waals surface area contributed by atoms with Crippen LogP contribution in [-0.2, 0) is 5.88 Å². The maximum atomic E-state index is 11.1. The molecule has 3 aromatic rings. The average Bonchev–Trinajstić information content (AvgIpc) is 2.77. The summed E-state index contributed by atoms with van der Waals surface area (Å²) >= 11 is 5.70. The van der Waals surface area contributed by atoms with E-state index in [1.807, 2.05) is 6.07 Å². The Labute approximate surface area is 106 Å². The Hall–Kier alpha value is -2.14. The zero-order chi connectivity index (χ0) is 12.5. The minimum atomic E-state index is -0.466. The molecule has 1 N–H and O–H groups in total. The highest BCUT2D eigenvalue weighted by Gasteiger charge is 2.05. The van der Waals surface area contributed by atoms with Crippen LogP contribution in [0.1, 0.15) is 5.82 Å². The molecule has 6 heteroatoms. The van der Waals surface area contributed by atoms with Gasteiger partial charge < -0.3 is 4.42 Å². The SMILES string of the molecule is O=c1[nH]c2cc(-c3ccnc(CCl)n3)ccc2o1. The summed E-state index contributed by atoms with van der Waals surface area (Å²) in [5.41, 5.74) is 2.79. The quantitative estimate of drug-likeness (QED) is 0.719. The van der Waals surface area contributed by atoms with E-state index in [0.717, 1.165) is 11.3 Å². The number of halogens is 1. The lowest BCUT2D eigenvalue weighted by molar-refractivity contribution is 0.555. The van der Waals surface area contributed by atoms with Crippen LogP contribution in [0.3, 0.4) is 0 Å². The van der Waals surface area contributed by atoms with E-state index < -0.39 is 5.76 Å². The third kappa shape index (κ3) is 1.89. The number of fused-ring (bicyclic) bond motifs is 1. The van der Waals surface area contributed by atoms with Crippen LogP contribution in [0.4, 0.5) is 0 Å². The van der Waals surface area contributed by atoms with Gasteiger partial charge in [0.2, 0.25) is 0 Å². The van der Waals surface area contributed by atoms with Gasteiger partial charge in [-0.2, -0.15) is 0 Å². The summed E-state index contributed by atoms with van der Waals surface area (Å²) in [4.78, 5) is 22.0. The van der Waals surface area contributed by atoms with Gasteiger partial charge in [0.05, 0.1) is 17.1 Å². The van der Waals surface area contributed by atoms with E-state index in [1.54, 1.807) is 24.4 Å². The number of aromatic amines is 1. The van der Waals surface area contributed by atoms with Crippen molar-refractivity contribution in [2.75, 3.05) is 0 Å². The van der Waals surface area contributed by atoms with Crippen LogP contribution < -0.4 is 5.76 Å². The van der Waals surface area contributed by atoms with Crippen LogP contribution in [-0.4, -0.2) is 15.0 Å². The first kappa shape index (κ1) is 11.0. The molecule has 0 saturated heterocycles. The number of oxazole rings is 1. The molecule has 1 aromatic carbocycles. The molecule has 0 bridgehead atoms. The molecule has 0 aliphatic rings. The first-order valence-electron chi connectivity index (χ1n) is 5.27. The van der Waals surface area contributed by atoms with Gasteiger partial charge in [0.25, 0.3) is 0 Å². The molecule has 0 saturated carbocycles. The first-order chi connectivity index (χ1) is 8.76. The lowest BCUT2D eigenvalue weighted by Gasteiger charge is -2.01. The molecule has 0 atom stereocenters. The minimum Gasteiger partial charge on any atom is -0.408 e. The second-order valence-electron chi connectivity index (χ2n) is 3.72. The normalized spacial score (nSPS) is 10.9. The maximum Gasteiger partial charge on any atom is 0.417 e. The average molecular weight is 262 g/mol. The van der Waals surface area contributed by atoms with Crippen molar-refractivity contribution in [2.24, 2.45) is 0 Å². The van der Waals surface area contributed by atoms with Gasteiger partial charge in [-0.05, 0) is 24.3 Å². The van der Waals surface area contributed by atoms with Crippen LogP contribution in [0.25, 0.3) is 22.4 Å². The summed E-state index contributed by atoms with van der Waals surface area (Å²) in [6.45, 7) is 0. The molecule has 0 unspecified atom stereocenters. The highest BCUT2D eigenvalue weighted by Crippen LogP contribution is 2.21. The number of H-pyrrole nitrogens is 1. The number of nitrogens with zero attached hydrogens (tertiary/aromatic N) is 2. The Morgan fingerprint density at radius 1 is 1.33 bits per heavy atom. The van der Waals surface area contributed by atoms with E-state index in [4.69, 9.17) is 16.0 Å². The Morgan fingerprint density at radius 3 is 3.06 bits per heavy atom. The van der Waals surface area contributed by atoms with Crippen molar-refractivity contribution in [2.45, 2.75) is 5.88 Å². The third-order valence-corrected chi connectivity index (χ3v) is 2.78. The predicted molar refractivity (Wildman–Crippen MR) is 67.4 cm³/mol. The van der Waals surface area contributed by atoms with Crippen molar-refractivity contribution in [1.82, 2.24) is 15.0 Å². The van der Waals surface area contributed by atoms with Crippen molar-refractivity contribution >= 4 is 22.7 Å². The molecule has 0 aliphatic heterocycles. The van der Waals surface area contributed by atoms with Gasteiger partial charge in [-0.1, -0.05) is 0 Å². The van der Waals surface area contributed by atoms with Crippen LogP contribution in [0, 0.1) is 0 Å². The molecule has 0 spiro atoms. The predicted octanol–water partition coefficient (Wildman–Crippen LogP) is 2.32. The smallest absolute Gasteiger partial charge is 0.408 e. The topological polar surface area (TPSA) is 71.8 Å². The summed E-state index contributed by atoms with van der Waals surface area (Å²) < 4.78 is 4.94. The van der Waals surface area contributed by atoms with Gasteiger partial charge in [-0.3, -0.25) is 4.98 Å². The molecule has 0 amide bonds. The maximum absolute atomic E-state index is 11.1. The van der Waals surface area contributed by atoms with Crippen molar-refractivity contribution in [1.29, 1.82) is 0 Å². The first-order valence-corrected chi connectivity index (χ1v) is 5.81. The number of hydrogen-bond donors (Lipinski definition) is 1. The number of benzene rings is 1. The molecule has 2 heterocycles. The molecule has 0 radical (unpaired) electrons. The van der Waals surface area contributed by atoms with Crippen LogP contribution in [0.2, 0.25) is 0 Å². The van der Waals surface area contributed by atoms with Gasteiger partial charge in [-0.15, -0.1) is 11.6 Å². The van der Waals surface area contributed by atoms with Gasteiger partial charge in [0.15, 0.2) is 5.58 Å². The molecule has 2 aromatic heterocycles. The summed E-state index contributed by atoms with van der Waals surface area (Å²) in [5, 5.41) is 0. The lowest BCUT2D eigenvalue weighted by Crippen LogP contribution is -1.93. The van der Waals surface area contributed by atoms with Crippen LogP contribution in [0.15, 0.2) is 39.7 Å². The third-order valence-electron chi connectivity index (χ3n) is 2.54. The fourth-order valence-electron chi connectivity index (χ4n) is 1.74. The van der Waals surface area contributed by atoms with E-state index in [9.17, 15) is 4.79 Å².